The Morgan fingerprint density at radius 3 is 2.38 bits per heavy atom. The van der Waals surface area contributed by atoms with E-state index in [9.17, 15) is 19.2 Å². The van der Waals surface area contributed by atoms with Crippen molar-refractivity contribution in [3.63, 3.8) is 0 Å². The highest BCUT2D eigenvalue weighted by Crippen LogP contribution is 2.44. The van der Waals surface area contributed by atoms with Crippen LogP contribution in [-0.2, 0) is 30.4 Å². The zero-order valence-corrected chi connectivity index (χ0v) is 37.9. The number of rotatable bonds is 12. The Morgan fingerprint density at radius 1 is 0.891 bits per heavy atom. The van der Waals surface area contributed by atoms with Gasteiger partial charge in [-0.15, -0.1) is 0 Å². The molecule has 3 aliphatic rings. The molecular weight excluding hydrogens is 817 g/mol. The average molecular weight is 877 g/mol. The van der Waals surface area contributed by atoms with Crippen molar-refractivity contribution in [2.24, 2.45) is 17.8 Å². The van der Waals surface area contributed by atoms with Gasteiger partial charge in [0.05, 0.1) is 55.8 Å². The van der Waals surface area contributed by atoms with E-state index in [1.165, 1.54) is 14.2 Å². The summed E-state index contributed by atoms with van der Waals surface area (Å²) in [6.07, 6.45) is 4.47. The van der Waals surface area contributed by atoms with Crippen molar-refractivity contribution in [2.75, 3.05) is 34.5 Å². The summed E-state index contributed by atoms with van der Waals surface area (Å²) in [4.78, 5) is 73.5. The number of nitrogens with zero attached hydrogens (tertiary/aromatic N) is 4. The minimum atomic E-state index is -0.749. The van der Waals surface area contributed by atoms with Gasteiger partial charge in [-0.1, -0.05) is 52.3 Å². The van der Waals surface area contributed by atoms with Crippen LogP contribution in [0.3, 0.4) is 0 Å². The van der Waals surface area contributed by atoms with Crippen LogP contribution in [0.25, 0.3) is 44.2 Å². The first-order valence-electron chi connectivity index (χ1n) is 22.4. The van der Waals surface area contributed by atoms with Crippen molar-refractivity contribution in [1.82, 2.24) is 40.4 Å². The highest BCUT2D eigenvalue weighted by atomic mass is 16.5. The second-order valence-corrected chi connectivity index (χ2v) is 18.0. The third-order valence-corrected chi connectivity index (χ3v) is 13.5. The molecule has 0 radical (unpaired) electrons. The number of ether oxygens (including phenoxy) is 4. The molecule has 2 fully saturated rings. The molecule has 8 rings (SSSR count). The van der Waals surface area contributed by atoms with Crippen LogP contribution in [0.5, 0.6) is 5.75 Å². The van der Waals surface area contributed by atoms with Crippen LogP contribution in [0.15, 0.2) is 48.7 Å². The van der Waals surface area contributed by atoms with Gasteiger partial charge in [-0.25, -0.2) is 19.6 Å². The predicted octanol–water partition coefficient (Wildman–Crippen LogP) is 7.80. The molecule has 0 saturated carbocycles. The Bertz CT molecular complexity index is 2550. The van der Waals surface area contributed by atoms with Crippen molar-refractivity contribution in [3.8, 4) is 28.1 Å². The van der Waals surface area contributed by atoms with Crippen LogP contribution in [0.2, 0.25) is 0 Å². The van der Waals surface area contributed by atoms with E-state index < -0.39 is 24.3 Å². The number of benzene rings is 3. The molecule has 2 saturated heterocycles. The first-order valence-corrected chi connectivity index (χ1v) is 22.4. The van der Waals surface area contributed by atoms with Crippen LogP contribution in [0, 0.1) is 17.8 Å². The van der Waals surface area contributed by atoms with E-state index >= 15 is 0 Å². The standard InChI is InChI=1S/C48H60N8O8/c1-9-26(4)41(54-48(60)63-8)45(57)55-22-28(23-61-6)17-38(55)44-50-35-16-14-29-19-34-32-15-13-30(18-31(32)24-64-39(34)20-33(29)42(35)52-44)36-21-49-43(51-36)37-12-10-11-27(5)56(37)46(58)40(25(2)3)53-47(59)62-7/h13-16,18-21,25-28,37-38,40-41H,9-12,17,22-24H2,1-8H3,(H,49,51)(H,50,52)(H,53,59)(H,54,60)/t26-,27-,28-,37-,38-,40?,41-/m0/s1. The highest BCUT2D eigenvalue weighted by Gasteiger charge is 2.43. The monoisotopic (exact) mass is 876 g/mol. The fourth-order valence-corrected chi connectivity index (χ4v) is 9.80. The number of carbonyl (C=O) groups excluding carboxylic acids is 4. The van der Waals surface area contributed by atoms with Gasteiger partial charge in [-0.05, 0) is 90.8 Å². The number of likely N-dealkylation sites (tertiary alicyclic amines) is 2. The number of carbonyl (C=O) groups is 4. The summed E-state index contributed by atoms with van der Waals surface area (Å²) in [5, 5.41) is 7.47. The summed E-state index contributed by atoms with van der Waals surface area (Å²) in [6, 6.07) is 12.5. The van der Waals surface area contributed by atoms with E-state index in [0.29, 0.717) is 44.2 Å². The van der Waals surface area contributed by atoms with E-state index in [0.717, 1.165) is 74.8 Å². The van der Waals surface area contributed by atoms with E-state index in [4.69, 9.17) is 28.9 Å². The number of imidazole rings is 2. The summed E-state index contributed by atoms with van der Waals surface area (Å²) in [7, 11) is 4.26. The number of aromatic nitrogens is 4. The molecule has 3 aliphatic heterocycles. The van der Waals surface area contributed by atoms with Gasteiger partial charge >= 0.3 is 12.2 Å². The smallest absolute Gasteiger partial charge is 0.407 e. The molecule has 0 spiro atoms. The van der Waals surface area contributed by atoms with Crippen molar-refractivity contribution in [3.05, 3.63) is 65.9 Å². The summed E-state index contributed by atoms with van der Waals surface area (Å²) in [5.41, 5.74) is 6.52. The quantitative estimate of drug-likeness (QED) is 0.0962. The molecule has 16 nitrogen and oxygen atoms in total. The number of fused-ring (bicyclic) bond motifs is 6. The first-order chi connectivity index (χ1) is 30.8. The van der Waals surface area contributed by atoms with Gasteiger partial charge < -0.3 is 49.3 Å². The van der Waals surface area contributed by atoms with Crippen LogP contribution < -0.4 is 15.4 Å². The summed E-state index contributed by atoms with van der Waals surface area (Å²) in [5.74, 6) is 1.68. The molecule has 7 atom stereocenters. The van der Waals surface area contributed by atoms with Crippen LogP contribution in [0.1, 0.15) is 96.0 Å². The molecule has 2 aromatic heterocycles. The number of hydrogen-bond acceptors (Lipinski definition) is 10. The first kappa shape index (κ1) is 44.4. The minimum Gasteiger partial charge on any atom is -0.488 e. The Kier molecular flexibility index (Phi) is 12.9. The SMILES string of the molecule is CC[C@H](C)[C@H](NC(=O)OC)C(=O)N1C[C@@H](COC)C[C@H]1c1nc2c(ccc3cc4c(cc32)OCc2cc(-c3cnc([C@@H]5CCC[C@H](C)N5C(=O)C(NC(=O)OC)C(C)C)[nH]3)ccc2-4)[nH]1. The average Bonchev–Trinajstić information content (AvgIpc) is 4.08. The third kappa shape index (κ3) is 8.47. The maximum Gasteiger partial charge on any atom is 0.407 e. The predicted molar refractivity (Wildman–Crippen MR) is 241 cm³/mol. The molecule has 3 aromatic carbocycles. The number of piperidine rings is 1. The zero-order chi connectivity index (χ0) is 45.4. The number of alkyl carbamates (subject to hydrolysis) is 2. The van der Waals surface area contributed by atoms with Crippen molar-refractivity contribution in [1.29, 1.82) is 0 Å². The molecule has 1 unspecified atom stereocenters. The van der Waals surface area contributed by atoms with Gasteiger partial charge in [0.15, 0.2) is 0 Å². The van der Waals surface area contributed by atoms with Gasteiger partial charge in [0.2, 0.25) is 11.8 Å². The molecule has 0 bridgehead atoms. The lowest BCUT2D eigenvalue weighted by Crippen LogP contribution is -2.55. The van der Waals surface area contributed by atoms with Gasteiger partial charge in [-0.2, -0.15) is 0 Å². The molecule has 4 amide bonds. The highest BCUT2D eigenvalue weighted by molar-refractivity contribution is 6.07. The molecule has 5 heterocycles. The lowest BCUT2D eigenvalue weighted by Gasteiger charge is -2.42. The zero-order valence-electron chi connectivity index (χ0n) is 37.9. The Morgan fingerprint density at radius 2 is 1.66 bits per heavy atom. The number of aromatic amines is 2. The van der Waals surface area contributed by atoms with E-state index in [1.54, 1.807) is 7.11 Å². The van der Waals surface area contributed by atoms with Crippen LogP contribution in [-0.4, -0.2) is 106 Å². The number of H-pyrrole nitrogens is 2. The summed E-state index contributed by atoms with van der Waals surface area (Å²) >= 11 is 0. The Labute approximate surface area is 373 Å². The van der Waals surface area contributed by atoms with E-state index in [1.807, 2.05) is 56.7 Å². The Balaban J connectivity index is 1.06. The Hall–Kier alpha value is -6.16. The van der Waals surface area contributed by atoms with Crippen molar-refractivity contribution < 1.29 is 38.1 Å². The molecule has 0 aliphatic carbocycles. The lowest BCUT2D eigenvalue weighted by molar-refractivity contribution is -0.141. The molecular formula is C48H60N8O8. The molecule has 64 heavy (non-hydrogen) atoms. The second kappa shape index (κ2) is 18.5. The topological polar surface area (TPSA) is 193 Å². The number of hydrogen-bond donors (Lipinski definition) is 4. The lowest BCUT2D eigenvalue weighted by atomic mass is 9.92. The molecule has 5 aromatic rings. The number of amides is 4. The molecule has 16 heteroatoms. The number of methoxy groups -OCH3 is 3. The summed E-state index contributed by atoms with van der Waals surface area (Å²) in [6.45, 7) is 11.2. The van der Waals surface area contributed by atoms with Gasteiger partial charge in [0, 0.05) is 36.6 Å². The minimum absolute atomic E-state index is 0.0310. The number of nitrogens with one attached hydrogen (secondary N) is 4. The third-order valence-electron chi connectivity index (χ3n) is 13.5. The van der Waals surface area contributed by atoms with Crippen molar-refractivity contribution in [2.45, 2.75) is 104 Å². The van der Waals surface area contributed by atoms with Gasteiger partial charge in [0.1, 0.15) is 36.1 Å². The van der Waals surface area contributed by atoms with Gasteiger partial charge in [-0.3, -0.25) is 9.59 Å². The maximum absolute atomic E-state index is 14.2. The van der Waals surface area contributed by atoms with Crippen molar-refractivity contribution >= 4 is 45.8 Å². The van der Waals surface area contributed by atoms with Crippen LogP contribution >= 0.6 is 0 Å². The van der Waals surface area contributed by atoms with E-state index in [-0.39, 0.29) is 47.7 Å². The van der Waals surface area contributed by atoms with Gasteiger partial charge in [0.25, 0.3) is 0 Å². The molecule has 340 valence electrons. The largest absolute Gasteiger partial charge is 0.488 e. The van der Waals surface area contributed by atoms with Crippen LogP contribution in [0.4, 0.5) is 9.59 Å². The normalized spacial score (nSPS) is 20.9. The molecule has 4 N–H and O–H groups in total. The fraction of sp³-hybridized carbons (Fsp3) is 0.500. The summed E-state index contributed by atoms with van der Waals surface area (Å²) < 4.78 is 21.7. The fourth-order valence-electron chi connectivity index (χ4n) is 9.80. The maximum atomic E-state index is 14.2. The second-order valence-electron chi connectivity index (χ2n) is 18.0. The van der Waals surface area contributed by atoms with E-state index in [2.05, 4.69) is 57.0 Å².